The van der Waals surface area contributed by atoms with Gasteiger partial charge in [-0.25, -0.2) is 9.97 Å². The van der Waals surface area contributed by atoms with Crippen LogP contribution in [0.5, 0.6) is 0 Å². The Balaban J connectivity index is 2.18. The number of nitrogens with zero attached hydrogens (tertiary/aromatic N) is 4. The zero-order valence-electron chi connectivity index (χ0n) is 7.98. The third kappa shape index (κ3) is 1.82. The fourth-order valence-electron chi connectivity index (χ4n) is 1.70. The molecule has 1 aromatic rings. The van der Waals surface area contributed by atoms with E-state index in [1.165, 1.54) is 25.6 Å². The highest BCUT2D eigenvalue weighted by Crippen LogP contribution is 2.16. The van der Waals surface area contributed by atoms with E-state index < -0.39 is 0 Å². The Hall–Kier alpha value is -1.63. The van der Waals surface area contributed by atoms with Crippen LogP contribution in [-0.2, 0) is 0 Å². The number of hydrogen-bond acceptors (Lipinski definition) is 4. The van der Waals surface area contributed by atoms with Crippen molar-refractivity contribution >= 4 is 5.82 Å². The van der Waals surface area contributed by atoms with Crippen LogP contribution in [0.4, 0.5) is 5.82 Å². The van der Waals surface area contributed by atoms with Gasteiger partial charge in [0.05, 0.1) is 0 Å². The third-order valence-electron chi connectivity index (χ3n) is 2.45. The normalized spacial score (nSPS) is 16.4. The van der Waals surface area contributed by atoms with Crippen molar-refractivity contribution in [1.82, 2.24) is 9.97 Å². The van der Waals surface area contributed by atoms with Crippen LogP contribution in [0.3, 0.4) is 0 Å². The van der Waals surface area contributed by atoms with Crippen LogP contribution in [0.2, 0.25) is 0 Å². The predicted molar refractivity (Wildman–Crippen MR) is 52.8 cm³/mol. The Kier molecular flexibility index (Phi) is 2.59. The summed E-state index contributed by atoms with van der Waals surface area (Å²) in [6, 6.07) is 3.78. The van der Waals surface area contributed by atoms with Crippen molar-refractivity contribution in [3.05, 3.63) is 18.1 Å². The minimum Gasteiger partial charge on any atom is -0.356 e. The molecule has 0 spiro atoms. The summed E-state index contributed by atoms with van der Waals surface area (Å²) < 4.78 is 0. The molecule has 0 aliphatic carbocycles. The first kappa shape index (κ1) is 8.95. The second-order valence-corrected chi connectivity index (χ2v) is 3.42. The van der Waals surface area contributed by atoms with Crippen LogP contribution in [0.1, 0.15) is 25.0 Å². The van der Waals surface area contributed by atoms with E-state index in [1.807, 2.05) is 6.07 Å². The van der Waals surface area contributed by atoms with Gasteiger partial charge in [0.2, 0.25) is 0 Å². The van der Waals surface area contributed by atoms with E-state index in [9.17, 15) is 0 Å². The maximum Gasteiger partial charge on any atom is 0.145 e. The molecule has 0 unspecified atom stereocenters. The first-order valence-electron chi connectivity index (χ1n) is 4.87. The number of nitriles is 1. The summed E-state index contributed by atoms with van der Waals surface area (Å²) in [6.45, 7) is 2.09. The van der Waals surface area contributed by atoms with Gasteiger partial charge in [0, 0.05) is 19.2 Å². The van der Waals surface area contributed by atoms with Crippen molar-refractivity contribution in [3.63, 3.8) is 0 Å². The summed E-state index contributed by atoms with van der Waals surface area (Å²) in [5.74, 6) is 0.885. The van der Waals surface area contributed by atoms with Crippen molar-refractivity contribution in [2.75, 3.05) is 18.0 Å². The summed E-state index contributed by atoms with van der Waals surface area (Å²) in [7, 11) is 0. The molecule has 0 bridgehead atoms. The minimum atomic E-state index is 0.445. The molecular formula is C10H12N4. The highest BCUT2D eigenvalue weighted by molar-refractivity contribution is 5.42. The van der Waals surface area contributed by atoms with E-state index in [-0.39, 0.29) is 0 Å². The molecule has 1 aliphatic heterocycles. The lowest BCUT2D eigenvalue weighted by atomic mass is 10.1. The van der Waals surface area contributed by atoms with Crippen molar-refractivity contribution in [2.45, 2.75) is 19.3 Å². The lowest BCUT2D eigenvalue weighted by molar-refractivity contribution is 0.573. The van der Waals surface area contributed by atoms with E-state index in [0.29, 0.717) is 5.69 Å². The number of hydrogen-bond donors (Lipinski definition) is 0. The van der Waals surface area contributed by atoms with Gasteiger partial charge in [0.25, 0.3) is 0 Å². The largest absolute Gasteiger partial charge is 0.356 e. The topological polar surface area (TPSA) is 52.8 Å². The van der Waals surface area contributed by atoms with Crippen LogP contribution in [-0.4, -0.2) is 23.1 Å². The van der Waals surface area contributed by atoms with Crippen LogP contribution in [0.25, 0.3) is 0 Å². The fraction of sp³-hybridized carbons (Fsp3) is 0.500. The molecule has 14 heavy (non-hydrogen) atoms. The van der Waals surface area contributed by atoms with Gasteiger partial charge in [-0.1, -0.05) is 0 Å². The summed E-state index contributed by atoms with van der Waals surface area (Å²) >= 11 is 0. The SMILES string of the molecule is N#Cc1cc(N2CCCCC2)ncn1. The molecule has 1 aliphatic rings. The Morgan fingerprint density at radius 3 is 2.71 bits per heavy atom. The molecule has 4 nitrogen and oxygen atoms in total. The molecule has 0 atom stereocenters. The predicted octanol–water partition coefficient (Wildman–Crippen LogP) is 1.34. The number of anilines is 1. The maximum atomic E-state index is 8.70. The van der Waals surface area contributed by atoms with Crippen molar-refractivity contribution in [1.29, 1.82) is 5.26 Å². The van der Waals surface area contributed by atoms with Gasteiger partial charge in [-0.2, -0.15) is 5.26 Å². The molecule has 1 saturated heterocycles. The zero-order valence-corrected chi connectivity index (χ0v) is 7.98. The van der Waals surface area contributed by atoms with Crippen molar-refractivity contribution < 1.29 is 0 Å². The zero-order chi connectivity index (χ0) is 9.80. The van der Waals surface area contributed by atoms with Gasteiger partial charge in [0.1, 0.15) is 23.9 Å². The molecule has 0 aromatic carbocycles. The molecule has 0 amide bonds. The van der Waals surface area contributed by atoms with Crippen LogP contribution >= 0.6 is 0 Å². The van der Waals surface area contributed by atoms with Crippen LogP contribution < -0.4 is 4.90 Å². The van der Waals surface area contributed by atoms with E-state index >= 15 is 0 Å². The molecule has 1 aromatic heterocycles. The molecular weight excluding hydrogens is 176 g/mol. The molecule has 2 heterocycles. The number of rotatable bonds is 1. The first-order chi connectivity index (χ1) is 6.90. The molecule has 1 fully saturated rings. The molecule has 0 saturated carbocycles. The van der Waals surface area contributed by atoms with E-state index in [1.54, 1.807) is 6.07 Å². The third-order valence-corrected chi connectivity index (χ3v) is 2.45. The van der Waals surface area contributed by atoms with E-state index in [4.69, 9.17) is 5.26 Å². The van der Waals surface area contributed by atoms with Gasteiger partial charge in [-0.3, -0.25) is 0 Å². The molecule has 72 valence electrons. The lowest BCUT2D eigenvalue weighted by Crippen LogP contribution is -2.30. The van der Waals surface area contributed by atoms with Gasteiger partial charge < -0.3 is 4.90 Å². The molecule has 2 rings (SSSR count). The average Bonchev–Trinajstić information content (AvgIpc) is 2.30. The number of piperidine rings is 1. The van der Waals surface area contributed by atoms with Crippen molar-refractivity contribution in [3.8, 4) is 6.07 Å². The second kappa shape index (κ2) is 4.05. The molecule has 4 heteroatoms. The summed E-state index contributed by atoms with van der Waals surface area (Å²) in [5, 5.41) is 8.70. The lowest BCUT2D eigenvalue weighted by Gasteiger charge is -2.27. The van der Waals surface area contributed by atoms with Crippen molar-refractivity contribution in [2.24, 2.45) is 0 Å². The van der Waals surface area contributed by atoms with E-state index in [2.05, 4.69) is 14.9 Å². The summed E-state index contributed by atoms with van der Waals surface area (Å²) in [6.07, 6.45) is 5.19. The smallest absolute Gasteiger partial charge is 0.145 e. The van der Waals surface area contributed by atoms with Crippen LogP contribution in [0.15, 0.2) is 12.4 Å². The maximum absolute atomic E-state index is 8.70. The van der Waals surface area contributed by atoms with Gasteiger partial charge in [-0.15, -0.1) is 0 Å². The summed E-state index contributed by atoms with van der Waals surface area (Å²) in [5.41, 5.74) is 0.445. The monoisotopic (exact) mass is 188 g/mol. The molecule has 0 radical (unpaired) electrons. The standard InChI is InChI=1S/C10H12N4/c11-7-9-6-10(13-8-12-9)14-4-2-1-3-5-14/h6,8H,1-5H2. The highest BCUT2D eigenvalue weighted by atomic mass is 15.2. The van der Waals surface area contributed by atoms with Crippen LogP contribution in [0, 0.1) is 11.3 Å². The highest BCUT2D eigenvalue weighted by Gasteiger charge is 2.12. The molecule has 0 N–H and O–H groups in total. The Labute approximate surface area is 83.2 Å². The minimum absolute atomic E-state index is 0.445. The van der Waals surface area contributed by atoms with E-state index in [0.717, 1.165) is 18.9 Å². The quantitative estimate of drug-likeness (QED) is 0.667. The second-order valence-electron chi connectivity index (χ2n) is 3.42. The summed E-state index contributed by atoms with van der Waals surface area (Å²) in [4.78, 5) is 10.2. The number of aromatic nitrogens is 2. The van der Waals surface area contributed by atoms with Gasteiger partial charge in [0.15, 0.2) is 0 Å². The average molecular weight is 188 g/mol. The fourth-order valence-corrected chi connectivity index (χ4v) is 1.70. The Bertz CT molecular complexity index is 349. The van der Waals surface area contributed by atoms with Gasteiger partial charge in [-0.05, 0) is 19.3 Å². The first-order valence-corrected chi connectivity index (χ1v) is 4.87. The Morgan fingerprint density at radius 1 is 1.21 bits per heavy atom. The van der Waals surface area contributed by atoms with Gasteiger partial charge >= 0.3 is 0 Å². The Morgan fingerprint density at radius 2 is 2.00 bits per heavy atom.